The molecule has 0 amide bonds. The van der Waals surface area contributed by atoms with E-state index in [0.29, 0.717) is 11.1 Å². The van der Waals surface area contributed by atoms with Crippen LogP contribution in [0, 0.1) is 6.92 Å². The van der Waals surface area contributed by atoms with E-state index in [2.05, 4.69) is 0 Å². The van der Waals surface area contributed by atoms with Crippen molar-refractivity contribution < 1.29 is 14.9 Å². The maximum absolute atomic E-state index is 10.5. The molecule has 6 heteroatoms. The molecule has 3 aromatic rings. The van der Waals surface area contributed by atoms with Gasteiger partial charge in [-0.25, -0.2) is 0 Å². The minimum absolute atomic E-state index is 0.0436. The minimum Gasteiger partial charge on any atom is -0.508 e. The number of nitrogen functional groups attached to an aromatic ring is 1. The Bertz CT molecular complexity index is 920. The minimum atomic E-state index is -1.68. The fraction of sp³-hybridized carbons (Fsp3) is 0.100. The first kappa shape index (κ1) is 17.6. The third-order valence-corrected chi connectivity index (χ3v) is 4.14. The summed E-state index contributed by atoms with van der Waals surface area (Å²) in [5.74, 6) is -1.53. The molecule has 8 N–H and O–H groups in total. The number of benzene rings is 3. The van der Waals surface area contributed by atoms with Crippen LogP contribution >= 0.6 is 0 Å². The van der Waals surface area contributed by atoms with Crippen LogP contribution in [0.25, 0.3) is 11.1 Å². The number of rotatable bonds is 4. The molecule has 0 aliphatic heterocycles. The van der Waals surface area contributed by atoms with E-state index in [4.69, 9.17) is 21.9 Å². The lowest BCUT2D eigenvalue weighted by atomic mass is 10.0. The summed E-state index contributed by atoms with van der Waals surface area (Å²) in [4.78, 5) is 0. The molecule has 0 bridgehead atoms. The number of aryl methyl sites for hydroxylation is 1. The smallest absolute Gasteiger partial charge is 0.239 e. The molecule has 0 fully saturated rings. The summed E-state index contributed by atoms with van der Waals surface area (Å²) in [6, 6.07) is 17.0. The number of hydrogen-bond acceptors (Lipinski definition) is 6. The Morgan fingerprint density at radius 1 is 0.846 bits per heavy atom. The van der Waals surface area contributed by atoms with E-state index in [1.165, 1.54) is 12.1 Å². The topological polar surface area (TPSA) is 128 Å². The summed E-state index contributed by atoms with van der Waals surface area (Å²) in [7, 11) is 0. The zero-order valence-electron chi connectivity index (χ0n) is 14.3. The fourth-order valence-corrected chi connectivity index (χ4v) is 2.61. The van der Waals surface area contributed by atoms with E-state index in [9.17, 15) is 10.2 Å². The second-order valence-electron chi connectivity index (χ2n) is 6.18. The number of ether oxygens (including phenoxy) is 1. The van der Waals surface area contributed by atoms with Gasteiger partial charge in [0.25, 0.3) is 0 Å². The Kier molecular flexibility index (Phi) is 4.46. The molecule has 0 saturated heterocycles. The van der Waals surface area contributed by atoms with Crippen LogP contribution in [-0.2, 0) is 5.85 Å². The number of hydrogen-bond donors (Lipinski definition) is 5. The predicted molar refractivity (Wildman–Crippen MR) is 101 cm³/mol. The van der Waals surface area contributed by atoms with Crippen LogP contribution in [-0.4, -0.2) is 10.2 Å². The highest BCUT2D eigenvalue weighted by atomic mass is 16.5. The van der Waals surface area contributed by atoms with Gasteiger partial charge >= 0.3 is 0 Å². The Morgan fingerprint density at radius 2 is 1.46 bits per heavy atom. The maximum Gasteiger partial charge on any atom is 0.239 e. The molecule has 0 aliphatic rings. The summed E-state index contributed by atoms with van der Waals surface area (Å²) in [6.07, 6.45) is 0. The van der Waals surface area contributed by atoms with Crippen LogP contribution in [0.5, 0.6) is 17.2 Å². The summed E-state index contributed by atoms with van der Waals surface area (Å²) >= 11 is 0. The SMILES string of the molecule is Cc1ccc(-c2ccc(OC(N)(N)c3ccc(O)cc3)c(N)c2O)cc1. The molecule has 0 radical (unpaired) electrons. The van der Waals surface area contributed by atoms with Gasteiger partial charge in [0.1, 0.15) is 17.2 Å². The van der Waals surface area contributed by atoms with Gasteiger partial charge in [0.05, 0.1) is 0 Å². The van der Waals surface area contributed by atoms with Crippen LogP contribution < -0.4 is 21.9 Å². The number of aromatic hydroxyl groups is 2. The molecular formula is C20H21N3O3. The Hall–Kier alpha value is -3.22. The van der Waals surface area contributed by atoms with Gasteiger partial charge in [-0.2, -0.15) is 0 Å². The predicted octanol–water partition coefficient (Wildman–Crippen LogP) is 2.76. The van der Waals surface area contributed by atoms with Gasteiger partial charge in [-0.15, -0.1) is 0 Å². The third kappa shape index (κ3) is 3.42. The van der Waals surface area contributed by atoms with E-state index >= 15 is 0 Å². The summed E-state index contributed by atoms with van der Waals surface area (Å²) in [5, 5.41) is 19.9. The van der Waals surface area contributed by atoms with Crippen LogP contribution in [0.1, 0.15) is 11.1 Å². The zero-order chi connectivity index (χ0) is 18.9. The molecule has 26 heavy (non-hydrogen) atoms. The molecule has 6 nitrogen and oxygen atoms in total. The molecule has 0 aliphatic carbocycles. The van der Waals surface area contributed by atoms with E-state index < -0.39 is 5.85 Å². The van der Waals surface area contributed by atoms with Crippen molar-refractivity contribution in [3.05, 3.63) is 71.8 Å². The fourth-order valence-electron chi connectivity index (χ4n) is 2.61. The summed E-state index contributed by atoms with van der Waals surface area (Å²) in [6.45, 7) is 1.99. The molecule has 3 aromatic carbocycles. The van der Waals surface area contributed by atoms with E-state index in [-0.39, 0.29) is 22.9 Å². The molecular weight excluding hydrogens is 330 g/mol. The number of nitrogens with two attached hydrogens (primary N) is 3. The van der Waals surface area contributed by atoms with Gasteiger partial charge in [0, 0.05) is 11.1 Å². The van der Waals surface area contributed by atoms with Crippen LogP contribution in [0.2, 0.25) is 0 Å². The van der Waals surface area contributed by atoms with E-state index in [1.807, 2.05) is 31.2 Å². The highest BCUT2D eigenvalue weighted by Gasteiger charge is 2.26. The van der Waals surface area contributed by atoms with Crippen molar-refractivity contribution in [2.24, 2.45) is 11.5 Å². The van der Waals surface area contributed by atoms with Gasteiger partial charge in [-0.3, -0.25) is 11.5 Å². The van der Waals surface area contributed by atoms with Crippen LogP contribution in [0.4, 0.5) is 5.69 Å². The maximum atomic E-state index is 10.5. The lowest BCUT2D eigenvalue weighted by Gasteiger charge is -2.27. The Labute approximate surface area is 151 Å². The molecule has 0 unspecified atom stereocenters. The normalized spacial score (nSPS) is 11.3. The first-order valence-corrected chi connectivity index (χ1v) is 8.02. The Balaban J connectivity index is 1.93. The van der Waals surface area contributed by atoms with Crippen LogP contribution in [0.3, 0.4) is 0 Å². The number of anilines is 1. The summed E-state index contributed by atoms with van der Waals surface area (Å²) in [5.41, 5.74) is 21.1. The molecule has 0 saturated carbocycles. The molecule has 134 valence electrons. The van der Waals surface area contributed by atoms with Crippen molar-refractivity contribution in [1.82, 2.24) is 0 Å². The van der Waals surface area contributed by atoms with E-state index in [1.54, 1.807) is 24.3 Å². The van der Waals surface area contributed by atoms with Crippen molar-refractivity contribution in [2.45, 2.75) is 12.8 Å². The molecule has 3 rings (SSSR count). The first-order valence-electron chi connectivity index (χ1n) is 8.02. The highest BCUT2D eigenvalue weighted by molar-refractivity contribution is 5.80. The summed E-state index contributed by atoms with van der Waals surface area (Å²) < 4.78 is 5.64. The highest BCUT2D eigenvalue weighted by Crippen LogP contribution is 2.40. The van der Waals surface area contributed by atoms with E-state index in [0.717, 1.165) is 11.1 Å². The lowest BCUT2D eigenvalue weighted by Crippen LogP contribution is -2.51. The molecule has 0 atom stereocenters. The van der Waals surface area contributed by atoms with Crippen molar-refractivity contribution in [1.29, 1.82) is 0 Å². The van der Waals surface area contributed by atoms with Crippen molar-refractivity contribution in [3.63, 3.8) is 0 Å². The second kappa shape index (κ2) is 6.59. The largest absolute Gasteiger partial charge is 0.508 e. The van der Waals surface area contributed by atoms with Gasteiger partial charge in [0.15, 0.2) is 5.75 Å². The average Bonchev–Trinajstić information content (AvgIpc) is 2.60. The molecule has 0 aromatic heterocycles. The molecule has 0 spiro atoms. The number of phenols is 2. The lowest BCUT2D eigenvalue weighted by molar-refractivity contribution is 0.0814. The number of phenolic OH excluding ortho intramolecular Hbond substituents is 2. The van der Waals surface area contributed by atoms with Gasteiger partial charge < -0.3 is 20.7 Å². The monoisotopic (exact) mass is 351 g/mol. The average molecular weight is 351 g/mol. The zero-order valence-corrected chi connectivity index (χ0v) is 14.3. The standard InChI is InChI=1S/C20H21N3O3/c1-12-2-4-13(5-3-12)16-10-11-17(18(21)19(16)25)26-20(22,23)14-6-8-15(24)9-7-14/h2-11,24-25H,21-23H2,1H3. The van der Waals surface area contributed by atoms with Gasteiger partial charge in [0.2, 0.25) is 5.85 Å². The molecule has 0 heterocycles. The van der Waals surface area contributed by atoms with Crippen molar-refractivity contribution in [3.8, 4) is 28.4 Å². The van der Waals surface area contributed by atoms with Gasteiger partial charge in [-0.1, -0.05) is 29.8 Å². The van der Waals surface area contributed by atoms with Crippen molar-refractivity contribution in [2.75, 3.05) is 5.73 Å². The first-order chi connectivity index (χ1) is 12.3. The quantitative estimate of drug-likeness (QED) is 0.279. The second-order valence-corrected chi connectivity index (χ2v) is 6.18. The third-order valence-electron chi connectivity index (χ3n) is 4.14. The Morgan fingerprint density at radius 3 is 2.08 bits per heavy atom. The van der Waals surface area contributed by atoms with Crippen LogP contribution in [0.15, 0.2) is 60.7 Å². The van der Waals surface area contributed by atoms with Crippen molar-refractivity contribution >= 4 is 5.69 Å². The van der Waals surface area contributed by atoms with Gasteiger partial charge in [-0.05, 0) is 48.9 Å².